The van der Waals surface area contributed by atoms with Crippen LogP contribution in [0.2, 0.25) is 0 Å². The Hall–Kier alpha value is -8.72. The Morgan fingerprint density at radius 2 is 0.727 bits per heavy atom. The molecule has 14 heteroatoms. The number of oxazole rings is 4. The lowest BCUT2D eigenvalue weighted by Gasteiger charge is -2.03. The van der Waals surface area contributed by atoms with E-state index in [9.17, 15) is 0 Å². The standard InChI is InChI=1S/2C12H15N.3C11H13NO.2C11H13NS.C6H9NO/c2*1-8(2)12-7-10-9(3)5-4-6-11(10)13-12;1-7(2)11-12-9-6-8(3)4-5-10(9)13-11;2*1-7(2)11-12-9-5-4-8(3)6-10(9)13-11;1-7(2)11-12-9-6-8(3)4-5-10(9)13-11;1-7(2)11-12-9-5-4-8(3)6-10(9)13-11;1-5(2)6-7-3-4-8-6/h2*4-6,8H,7H2,1-3H3;5*4-7H,1-3H3;3-5H,1-2H3. The van der Waals surface area contributed by atoms with Gasteiger partial charge in [0.1, 0.15) is 22.8 Å². The van der Waals surface area contributed by atoms with Crippen molar-refractivity contribution in [2.75, 3.05) is 0 Å². The van der Waals surface area contributed by atoms with Crippen LogP contribution in [0.4, 0.5) is 11.4 Å². The molecule has 0 amide bonds. The number of aliphatic imine (C=N–C) groups is 2. The molecule has 2 aliphatic rings. The Bertz CT molecular complexity index is 4250. The lowest BCUT2D eigenvalue weighted by molar-refractivity contribution is 0.471. The molecular formula is C85H104N8O4S2. The van der Waals surface area contributed by atoms with E-state index in [4.69, 9.17) is 17.7 Å². The fraction of sp³-hybridized carbons (Fsp3) is 0.388. The topological polar surface area (TPSA) is 155 Å². The van der Waals surface area contributed by atoms with E-state index >= 15 is 0 Å². The zero-order valence-electron chi connectivity index (χ0n) is 62.8. The SMILES string of the molecule is CC(C)c1ncco1.Cc1ccc2nc(C(C)C)oc2c1.Cc1ccc2nc(C(C)C)oc2c1.Cc1ccc2nc(C(C)C)sc2c1.Cc1ccc2oc(C(C)C)nc2c1.Cc1ccc2sc(C(C)C)nc2c1.Cc1cccc2c1CC(C(C)C)=N2.Cc1cccc2c1CC(C(C)C)=N2. The van der Waals surface area contributed by atoms with Crippen molar-refractivity contribution in [3.63, 3.8) is 0 Å². The maximum atomic E-state index is 5.60. The highest BCUT2D eigenvalue weighted by atomic mass is 32.1. The van der Waals surface area contributed by atoms with Gasteiger partial charge in [0.25, 0.3) is 0 Å². The molecule has 15 rings (SSSR count). The summed E-state index contributed by atoms with van der Waals surface area (Å²) in [6.07, 6.45) is 5.37. The maximum Gasteiger partial charge on any atom is 0.198 e. The van der Waals surface area contributed by atoms with Crippen molar-refractivity contribution in [1.29, 1.82) is 0 Å². The molecule has 0 radical (unpaired) electrons. The molecule has 0 fully saturated rings. The molecule has 0 atom stereocenters. The molecule has 0 aliphatic carbocycles. The summed E-state index contributed by atoms with van der Waals surface area (Å²) in [5, 5.41) is 2.47. The molecule has 0 unspecified atom stereocenters. The molecule has 0 bridgehead atoms. The van der Waals surface area contributed by atoms with Gasteiger partial charge in [0.15, 0.2) is 40.3 Å². The lowest BCUT2D eigenvalue weighted by Crippen LogP contribution is -2.06. The molecule has 0 N–H and O–H groups in total. The Labute approximate surface area is 596 Å². The third kappa shape index (κ3) is 21.2. The normalized spacial score (nSPS) is 12.2. The quantitative estimate of drug-likeness (QED) is 0.144. The summed E-state index contributed by atoms with van der Waals surface area (Å²) in [7, 11) is 0. The van der Waals surface area contributed by atoms with Gasteiger partial charge in [0, 0.05) is 59.8 Å². The molecule has 13 aromatic rings. The van der Waals surface area contributed by atoms with Crippen LogP contribution in [0.15, 0.2) is 168 Å². The molecule has 0 spiro atoms. The highest BCUT2D eigenvalue weighted by molar-refractivity contribution is 7.19. The first kappa shape index (κ1) is 76.0. The molecule has 8 heterocycles. The average molecular weight is 1370 g/mol. The first-order chi connectivity index (χ1) is 47.0. The molecule has 6 aromatic heterocycles. The minimum absolute atomic E-state index is 0.354. The van der Waals surface area contributed by atoms with E-state index in [-0.39, 0.29) is 0 Å². The van der Waals surface area contributed by atoms with Gasteiger partial charge in [0.2, 0.25) is 0 Å². The zero-order valence-corrected chi connectivity index (χ0v) is 64.5. The third-order valence-corrected chi connectivity index (χ3v) is 19.2. The molecule has 2 aliphatic heterocycles. The van der Waals surface area contributed by atoms with Crippen molar-refractivity contribution >= 4 is 99.2 Å². The molecule has 0 saturated carbocycles. The Kier molecular flexibility index (Phi) is 26.8. The van der Waals surface area contributed by atoms with Crippen molar-refractivity contribution in [3.8, 4) is 0 Å². The predicted octanol–water partition coefficient (Wildman–Crippen LogP) is 25.6. The van der Waals surface area contributed by atoms with Crippen LogP contribution in [-0.4, -0.2) is 41.3 Å². The fourth-order valence-electron chi connectivity index (χ4n) is 10.5. The Morgan fingerprint density at radius 1 is 0.333 bits per heavy atom. The number of nitrogens with zero attached hydrogens (tertiary/aromatic N) is 8. The van der Waals surface area contributed by atoms with E-state index in [1.54, 1.807) is 23.8 Å². The van der Waals surface area contributed by atoms with Crippen molar-refractivity contribution in [3.05, 3.63) is 224 Å². The maximum absolute atomic E-state index is 5.60. The van der Waals surface area contributed by atoms with Gasteiger partial charge in [-0.1, -0.05) is 165 Å². The van der Waals surface area contributed by atoms with Crippen LogP contribution in [0.5, 0.6) is 0 Å². The van der Waals surface area contributed by atoms with Crippen LogP contribution in [-0.2, 0) is 12.8 Å². The summed E-state index contributed by atoms with van der Waals surface area (Å²) < 4.78 is 24.4. The second-order valence-electron chi connectivity index (χ2n) is 28.4. The second-order valence-corrected chi connectivity index (χ2v) is 30.6. The van der Waals surface area contributed by atoms with Gasteiger partial charge in [-0.2, -0.15) is 0 Å². The van der Waals surface area contributed by atoms with Gasteiger partial charge < -0.3 is 17.7 Å². The van der Waals surface area contributed by atoms with Crippen molar-refractivity contribution in [2.45, 2.75) is 208 Å². The highest BCUT2D eigenvalue weighted by Crippen LogP contribution is 2.34. The number of aryl methyl sites for hydroxylation is 7. The molecule has 0 saturated heterocycles. The van der Waals surface area contributed by atoms with E-state index in [1.807, 2.05) is 67.6 Å². The molecule has 7 aromatic carbocycles. The summed E-state index contributed by atoms with van der Waals surface area (Å²) in [4.78, 5) is 35.5. The summed E-state index contributed by atoms with van der Waals surface area (Å²) in [6.45, 7) is 48.9. The largest absolute Gasteiger partial charge is 0.449 e. The average Bonchev–Trinajstić information content (AvgIpc) is 1.68. The van der Waals surface area contributed by atoms with Gasteiger partial charge in [0.05, 0.1) is 48.0 Å². The molecular weight excluding hydrogens is 1260 g/mol. The Balaban J connectivity index is 0.000000145. The minimum atomic E-state index is 0.354. The zero-order chi connectivity index (χ0) is 71.9. The van der Waals surface area contributed by atoms with Crippen LogP contribution in [0.3, 0.4) is 0 Å². The predicted molar refractivity (Wildman–Crippen MR) is 420 cm³/mol. The van der Waals surface area contributed by atoms with Crippen LogP contribution in [0, 0.1) is 60.3 Å². The van der Waals surface area contributed by atoms with Crippen molar-refractivity contribution in [1.82, 2.24) is 29.9 Å². The number of rotatable bonds is 8. The molecule has 520 valence electrons. The van der Waals surface area contributed by atoms with Crippen molar-refractivity contribution < 1.29 is 17.7 Å². The summed E-state index contributed by atoms with van der Waals surface area (Å²) in [5.74, 6) is 6.97. The molecule has 12 nitrogen and oxygen atoms in total. The van der Waals surface area contributed by atoms with Crippen LogP contribution in [0.25, 0.3) is 53.7 Å². The van der Waals surface area contributed by atoms with Gasteiger partial charge in [-0.3, -0.25) is 9.98 Å². The third-order valence-electron chi connectivity index (χ3n) is 16.6. The second kappa shape index (κ2) is 34.9. The number of hydrogen-bond donors (Lipinski definition) is 0. The molecule has 99 heavy (non-hydrogen) atoms. The van der Waals surface area contributed by atoms with E-state index in [0.717, 1.165) is 80.7 Å². The highest BCUT2D eigenvalue weighted by Gasteiger charge is 2.20. The van der Waals surface area contributed by atoms with Gasteiger partial charge in [-0.15, -0.1) is 22.7 Å². The summed E-state index contributed by atoms with van der Waals surface area (Å²) in [6, 6.07) is 43.8. The van der Waals surface area contributed by atoms with E-state index in [1.165, 1.54) is 92.3 Å². The first-order valence-corrected chi connectivity index (χ1v) is 36.7. The fourth-order valence-corrected chi connectivity index (χ4v) is 12.5. The van der Waals surface area contributed by atoms with E-state index in [2.05, 4.69) is 270 Å². The summed E-state index contributed by atoms with van der Waals surface area (Å²) >= 11 is 3.61. The number of aromatic nitrogens is 6. The van der Waals surface area contributed by atoms with Gasteiger partial charge in [-0.25, -0.2) is 29.9 Å². The van der Waals surface area contributed by atoms with E-state index < -0.39 is 0 Å². The number of benzene rings is 7. The Morgan fingerprint density at radius 3 is 1.15 bits per heavy atom. The summed E-state index contributed by atoms with van der Waals surface area (Å²) in [5.41, 5.74) is 24.7. The number of fused-ring (bicyclic) bond motifs is 7. The number of hydrogen-bond acceptors (Lipinski definition) is 14. The van der Waals surface area contributed by atoms with Crippen LogP contribution >= 0.6 is 22.7 Å². The van der Waals surface area contributed by atoms with Crippen LogP contribution < -0.4 is 0 Å². The van der Waals surface area contributed by atoms with Crippen LogP contribution in [0.1, 0.15) is 230 Å². The van der Waals surface area contributed by atoms with Gasteiger partial charge >= 0.3 is 0 Å². The van der Waals surface area contributed by atoms with Gasteiger partial charge in [-0.05, 0) is 183 Å². The van der Waals surface area contributed by atoms with E-state index in [0.29, 0.717) is 47.3 Å². The lowest BCUT2D eigenvalue weighted by atomic mass is 9.99. The van der Waals surface area contributed by atoms with Crippen molar-refractivity contribution in [2.24, 2.45) is 21.8 Å². The number of thiazole rings is 2. The smallest absolute Gasteiger partial charge is 0.198 e. The minimum Gasteiger partial charge on any atom is -0.449 e. The first-order valence-electron chi connectivity index (χ1n) is 35.1. The monoisotopic (exact) mass is 1360 g/mol.